The molecule has 178 valence electrons. The van der Waals surface area contributed by atoms with Gasteiger partial charge in [0.1, 0.15) is 11.1 Å². The standard InChI is InChI=1S/C23H20ClN7O4/c1-2-20(33)27-17-5-3-4-6-18(17)28-21-16(24)13-26-23(30-21)29-19-11-14(7-8-15(19)12-25)22(34)31-35-10-9-32/h2-8,11,13,32H,1,9-10H2,(H,27,33)(H,31,34)(H2,26,28,29,30). The lowest BCUT2D eigenvalue weighted by molar-refractivity contribution is -0.111. The van der Waals surface area contributed by atoms with Gasteiger partial charge in [-0.15, -0.1) is 0 Å². The van der Waals surface area contributed by atoms with E-state index in [1.54, 1.807) is 24.3 Å². The number of anilines is 5. The Hall–Kier alpha value is -4.50. The molecular formula is C23H20ClN7O4. The van der Waals surface area contributed by atoms with Gasteiger partial charge in [-0.05, 0) is 36.4 Å². The summed E-state index contributed by atoms with van der Waals surface area (Å²) in [5.74, 6) is -0.627. The van der Waals surface area contributed by atoms with Gasteiger partial charge in [-0.1, -0.05) is 30.3 Å². The van der Waals surface area contributed by atoms with E-state index in [1.807, 2.05) is 6.07 Å². The van der Waals surface area contributed by atoms with Crippen LogP contribution in [-0.2, 0) is 9.63 Å². The molecule has 0 atom stereocenters. The Morgan fingerprint density at radius 3 is 2.66 bits per heavy atom. The predicted octanol–water partition coefficient (Wildman–Crippen LogP) is 3.27. The van der Waals surface area contributed by atoms with E-state index in [9.17, 15) is 14.9 Å². The summed E-state index contributed by atoms with van der Waals surface area (Å²) < 4.78 is 0. The zero-order valence-electron chi connectivity index (χ0n) is 18.2. The van der Waals surface area contributed by atoms with Gasteiger partial charge in [-0.25, -0.2) is 10.5 Å². The maximum atomic E-state index is 12.2. The molecule has 35 heavy (non-hydrogen) atoms. The van der Waals surface area contributed by atoms with Crippen LogP contribution >= 0.6 is 11.6 Å². The first-order chi connectivity index (χ1) is 16.9. The van der Waals surface area contributed by atoms with Gasteiger partial charge in [0, 0.05) is 5.56 Å². The molecule has 0 spiro atoms. The minimum atomic E-state index is -0.566. The Morgan fingerprint density at radius 1 is 1.17 bits per heavy atom. The molecule has 3 aromatic rings. The number of aliphatic hydroxyl groups is 1. The smallest absolute Gasteiger partial charge is 0.274 e. The molecule has 0 unspecified atom stereocenters. The Balaban J connectivity index is 1.85. The summed E-state index contributed by atoms with van der Waals surface area (Å²) in [6.07, 6.45) is 2.51. The lowest BCUT2D eigenvalue weighted by Crippen LogP contribution is -2.25. The number of hydrogen-bond donors (Lipinski definition) is 5. The van der Waals surface area contributed by atoms with Crippen LogP contribution < -0.4 is 21.4 Å². The third-order valence-electron chi connectivity index (χ3n) is 4.37. The largest absolute Gasteiger partial charge is 0.394 e. The first-order valence-electron chi connectivity index (χ1n) is 10.1. The van der Waals surface area contributed by atoms with E-state index in [0.29, 0.717) is 11.4 Å². The van der Waals surface area contributed by atoms with E-state index in [0.717, 1.165) is 6.08 Å². The number of carbonyl (C=O) groups is 2. The first kappa shape index (κ1) is 25.1. The van der Waals surface area contributed by atoms with Crippen molar-refractivity contribution < 1.29 is 19.5 Å². The number of benzene rings is 2. The highest BCUT2D eigenvalue weighted by atomic mass is 35.5. The number of nitriles is 1. The molecule has 0 aliphatic heterocycles. The Kier molecular flexibility index (Phi) is 8.69. The Bertz CT molecular complexity index is 1290. The number of hydrogen-bond acceptors (Lipinski definition) is 9. The predicted molar refractivity (Wildman–Crippen MR) is 131 cm³/mol. The van der Waals surface area contributed by atoms with Gasteiger partial charge in [0.05, 0.1) is 42.0 Å². The average Bonchev–Trinajstić information content (AvgIpc) is 2.87. The highest BCUT2D eigenvalue weighted by Crippen LogP contribution is 2.29. The van der Waals surface area contributed by atoms with Crippen molar-refractivity contribution in [2.45, 2.75) is 0 Å². The van der Waals surface area contributed by atoms with Crippen LogP contribution in [0.5, 0.6) is 0 Å². The Morgan fingerprint density at radius 2 is 1.94 bits per heavy atom. The second kappa shape index (κ2) is 12.1. The van der Waals surface area contributed by atoms with Crippen molar-refractivity contribution in [2.75, 3.05) is 29.2 Å². The van der Waals surface area contributed by atoms with Crippen molar-refractivity contribution in [3.05, 3.63) is 77.5 Å². The fraction of sp³-hybridized carbons (Fsp3) is 0.0870. The fourth-order valence-corrected chi connectivity index (χ4v) is 2.89. The lowest BCUT2D eigenvalue weighted by atomic mass is 10.1. The summed E-state index contributed by atoms with van der Waals surface area (Å²) in [6.45, 7) is 3.12. The number of hydroxylamine groups is 1. The number of nitrogens with one attached hydrogen (secondary N) is 4. The highest BCUT2D eigenvalue weighted by Gasteiger charge is 2.13. The minimum absolute atomic E-state index is 0.0675. The van der Waals surface area contributed by atoms with Crippen molar-refractivity contribution in [2.24, 2.45) is 0 Å². The zero-order valence-corrected chi connectivity index (χ0v) is 19.0. The van der Waals surface area contributed by atoms with Crippen LogP contribution in [0, 0.1) is 11.3 Å². The molecular weight excluding hydrogens is 474 g/mol. The van der Waals surface area contributed by atoms with Gasteiger partial charge < -0.3 is 21.1 Å². The Labute approximate surface area is 205 Å². The van der Waals surface area contributed by atoms with Crippen LogP contribution in [0.25, 0.3) is 0 Å². The monoisotopic (exact) mass is 493 g/mol. The van der Waals surface area contributed by atoms with Crippen LogP contribution in [-0.4, -0.2) is 40.1 Å². The third-order valence-corrected chi connectivity index (χ3v) is 4.65. The summed E-state index contributed by atoms with van der Waals surface area (Å²) >= 11 is 6.26. The van der Waals surface area contributed by atoms with Gasteiger partial charge in [-0.3, -0.25) is 14.4 Å². The number of nitrogens with zero attached hydrogens (tertiary/aromatic N) is 3. The molecule has 3 rings (SSSR count). The quantitative estimate of drug-likeness (QED) is 0.162. The lowest BCUT2D eigenvalue weighted by Gasteiger charge is -2.14. The molecule has 0 radical (unpaired) electrons. The molecule has 2 aromatic carbocycles. The summed E-state index contributed by atoms with van der Waals surface area (Å²) in [7, 11) is 0. The normalized spacial score (nSPS) is 10.1. The molecule has 1 heterocycles. The number of carbonyl (C=O) groups excluding carboxylic acids is 2. The van der Waals surface area contributed by atoms with E-state index in [-0.39, 0.29) is 52.7 Å². The van der Waals surface area contributed by atoms with Crippen LogP contribution in [0.15, 0.2) is 61.3 Å². The van der Waals surface area contributed by atoms with Gasteiger partial charge in [0.25, 0.3) is 5.91 Å². The number of aliphatic hydroxyl groups excluding tert-OH is 1. The molecule has 0 saturated carbocycles. The summed E-state index contributed by atoms with van der Waals surface area (Å²) in [6, 6.07) is 13.3. The summed E-state index contributed by atoms with van der Waals surface area (Å²) in [5, 5.41) is 27.1. The molecule has 0 fully saturated rings. The molecule has 0 aliphatic rings. The van der Waals surface area contributed by atoms with Gasteiger partial charge >= 0.3 is 0 Å². The van der Waals surface area contributed by atoms with E-state index in [1.165, 1.54) is 24.4 Å². The van der Waals surface area contributed by atoms with Gasteiger partial charge in [0.15, 0.2) is 5.82 Å². The third kappa shape index (κ3) is 6.75. The van der Waals surface area contributed by atoms with E-state index in [2.05, 4.69) is 38.0 Å². The molecule has 11 nitrogen and oxygen atoms in total. The summed E-state index contributed by atoms with van der Waals surface area (Å²) in [4.78, 5) is 37.3. The number of amides is 2. The minimum Gasteiger partial charge on any atom is -0.394 e. The van der Waals surface area contributed by atoms with Crippen molar-refractivity contribution in [1.82, 2.24) is 15.4 Å². The molecule has 12 heteroatoms. The van der Waals surface area contributed by atoms with Crippen LogP contribution in [0.3, 0.4) is 0 Å². The van der Waals surface area contributed by atoms with Crippen LogP contribution in [0.4, 0.5) is 28.8 Å². The maximum absolute atomic E-state index is 12.2. The van der Waals surface area contributed by atoms with E-state index in [4.69, 9.17) is 21.5 Å². The molecule has 0 saturated heterocycles. The van der Waals surface area contributed by atoms with E-state index < -0.39 is 5.91 Å². The number of rotatable bonds is 10. The van der Waals surface area contributed by atoms with Crippen molar-refractivity contribution in [1.29, 1.82) is 5.26 Å². The number of halogens is 1. The molecule has 0 aliphatic carbocycles. The second-order valence-electron chi connectivity index (χ2n) is 6.75. The van der Waals surface area contributed by atoms with E-state index >= 15 is 0 Å². The molecule has 5 N–H and O–H groups in total. The zero-order chi connectivity index (χ0) is 25.2. The average molecular weight is 494 g/mol. The van der Waals surface area contributed by atoms with Crippen molar-refractivity contribution >= 4 is 52.2 Å². The first-order valence-corrected chi connectivity index (χ1v) is 10.5. The van der Waals surface area contributed by atoms with Crippen molar-refractivity contribution in [3.63, 3.8) is 0 Å². The number of para-hydroxylation sites is 2. The highest BCUT2D eigenvalue weighted by molar-refractivity contribution is 6.33. The van der Waals surface area contributed by atoms with Gasteiger partial charge in [-0.2, -0.15) is 10.2 Å². The van der Waals surface area contributed by atoms with Crippen molar-refractivity contribution in [3.8, 4) is 6.07 Å². The topological polar surface area (TPSA) is 161 Å². The SMILES string of the molecule is C=CC(=O)Nc1ccccc1Nc1nc(Nc2cc(C(=O)NOCCO)ccc2C#N)ncc1Cl. The summed E-state index contributed by atoms with van der Waals surface area (Å²) in [5.41, 5.74) is 3.90. The van der Waals surface area contributed by atoms with Crippen LogP contribution in [0.2, 0.25) is 5.02 Å². The van der Waals surface area contributed by atoms with Crippen LogP contribution in [0.1, 0.15) is 15.9 Å². The second-order valence-corrected chi connectivity index (χ2v) is 7.16. The van der Waals surface area contributed by atoms with Gasteiger partial charge in [0.2, 0.25) is 11.9 Å². The molecule has 0 bridgehead atoms. The number of aromatic nitrogens is 2. The molecule has 2 amide bonds. The molecule has 1 aromatic heterocycles. The fourth-order valence-electron chi connectivity index (χ4n) is 2.76. The maximum Gasteiger partial charge on any atom is 0.274 e.